The SMILES string of the molecule is CCN(CC)C(=O)CCN=C(N)C(C)(C)C. The van der Waals surface area contributed by atoms with Crippen molar-refractivity contribution in [2.75, 3.05) is 19.6 Å². The van der Waals surface area contributed by atoms with Crippen LogP contribution < -0.4 is 5.73 Å². The van der Waals surface area contributed by atoms with Crippen LogP contribution in [0.4, 0.5) is 0 Å². The highest BCUT2D eigenvalue weighted by Crippen LogP contribution is 2.12. The molecule has 0 aliphatic rings. The molecular formula is C12H25N3O. The second kappa shape index (κ2) is 6.51. The number of amides is 1. The van der Waals surface area contributed by atoms with Crippen molar-refractivity contribution in [1.29, 1.82) is 0 Å². The molecule has 0 heterocycles. The molecule has 16 heavy (non-hydrogen) atoms. The lowest BCUT2D eigenvalue weighted by atomic mass is 9.95. The van der Waals surface area contributed by atoms with Crippen molar-refractivity contribution in [3.8, 4) is 0 Å². The first-order chi connectivity index (χ1) is 7.32. The number of carbonyl (C=O) groups is 1. The third-order valence-corrected chi connectivity index (χ3v) is 2.49. The maximum Gasteiger partial charge on any atom is 0.224 e. The van der Waals surface area contributed by atoms with E-state index in [9.17, 15) is 4.79 Å². The molecule has 0 atom stereocenters. The van der Waals surface area contributed by atoms with Crippen LogP contribution in [0, 0.1) is 5.41 Å². The summed E-state index contributed by atoms with van der Waals surface area (Å²) in [7, 11) is 0. The number of hydrogen-bond acceptors (Lipinski definition) is 2. The molecule has 0 aromatic carbocycles. The molecule has 0 unspecified atom stereocenters. The van der Waals surface area contributed by atoms with Gasteiger partial charge in [0.2, 0.25) is 5.91 Å². The number of nitrogens with two attached hydrogens (primary N) is 1. The topological polar surface area (TPSA) is 58.7 Å². The first kappa shape index (κ1) is 14.9. The Bertz CT molecular complexity index is 249. The summed E-state index contributed by atoms with van der Waals surface area (Å²) < 4.78 is 0. The van der Waals surface area contributed by atoms with Gasteiger partial charge in [0.05, 0.1) is 5.84 Å². The van der Waals surface area contributed by atoms with Crippen LogP contribution in [-0.2, 0) is 4.79 Å². The Kier molecular flexibility index (Phi) is 6.08. The minimum Gasteiger partial charge on any atom is -0.387 e. The number of nitrogens with zero attached hydrogens (tertiary/aromatic N) is 2. The standard InChI is InChI=1S/C12H25N3O/c1-6-15(7-2)10(16)8-9-14-11(13)12(3,4)5/h6-9H2,1-5H3,(H2,13,14). The van der Waals surface area contributed by atoms with E-state index in [0.717, 1.165) is 13.1 Å². The van der Waals surface area contributed by atoms with E-state index in [0.29, 0.717) is 18.8 Å². The van der Waals surface area contributed by atoms with E-state index in [1.165, 1.54) is 0 Å². The van der Waals surface area contributed by atoms with Gasteiger partial charge in [-0.25, -0.2) is 0 Å². The maximum atomic E-state index is 11.7. The lowest BCUT2D eigenvalue weighted by Gasteiger charge is -2.19. The highest BCUT2D eigenvalue weighted by Gasteiger charge is 2.15. The molecule has 0 radical (unpaired) electrons. The third kappa shape index (κ3) is 5.14. The highest BCUT2D eigenvalue weighted by atomic mass is 16.2. The average molecular weight is 227 g/mol. The van der Waals surface area contributed by atoms with E-state index in [1.807, 2.05) is 39.5 Å². The molecule has 0 aliphatic heterocycles. The van der Waals surface area contributed by atoms with Crippen LogP contribution in [0.25, 0.3) is 0 Å². The Morgan fingerprint density at radius 2 is 1.75 bits per heavy atom. The molecule has 0 spiro atoms. The minimum absolute atomic E-state index is 0.113. The second-order valence-electron chi connectivity index (χ2n) is 4.83. The average Bonchev–Trinajstić information content (AvgIpc) is 2.18. The summed E-state index contributed by atoms with van der Waals surface area (Å²) in [5.74, 6) is 0.760. The predicted molar refractivity (Wildman–Crippen MR) is 68.5 cm³/mol. The third-order valence-electron chi connectivity index (χ3n) is 2.49. The molecule has 0 bridgehead atoms. The van der Waals surface area contributed by atoms with E-state index >= 15 is 0 Å². The summed E-state index contributed by atoms with van der Waals surface area (Å²) >= 11 is 0. The van der Waals surface area contributed by atoms with Crippen LogP contribution in [-0.4, -0.2) is 36.3 Å². The normalized spacial score (nSPS) is 12.7. The summed E-state index contributed by atoms with van der Waals surface area (Å²) in [6, 6.07) is 0. The number of amidine groups is 1. The largest absolute Gasteiger partial charge is 0.387 e. The predicted octanol–water partition coefficient (Wildman–Crippen LogP) is 1.65. The van der Waals surface area contributed by atoms with Crippen molar-refractivity contribution < 1.29 is 4.79 Å². The summed E-state index contributed by atoms with van der Waals surface area (Å²) in [6.07, 6.45) is 0.443. The summed E-state index contributed by atoms with van der Waals surface area (Å²) in [5.41, 5.74) is 5.69. The second-order valence-corrected chi connectivity index (χ2v) is 4.83. The zero-order chi connectivity index (χ0) is 12.8. The minimum atomic E-state index is -0.113. The number of aliphatic imine (C=N–C) groups is 1. The fourth-order valence-corrected chi connectivity index (χ4v) is 1.24. The highest BCUT2D eigenvalue weighted by molar-refractivity contribution is 5.85. The molecule has 0 saturated carbocycles. The molecule has 0 fully saturated rings. The number of carbonyl (C=O) groups excluding carboxylic acids is 1. The molecule has 2 N–H and O–H groups in total. The van der Waals surface area contributed by atoms with Gasteiger partial charge < -0.3 is 10.6 Å². The zero-order valence-electron chi connectivity index (χ0n) is 11.2. The van der Waals surface area contributed by atoms with Crippen LogP contribution in [0.5, 0.6) is 0 Å². The van der Waals surface area contributed by atoms with Gasteiger partial charge in [0.15, 0.2) is 0 Å². The van der Waals surface area contributed by atoms with E-state index in [4.69, 9.17) is 5.73 Å². The maximum absolute atomic E-state index is 11.7. The van der Waals surface area contributed by atoms with Gasteiger partial charge >= 0.3 is 0 Å². The fraction of sp³-hybridized carbons (Fsp3) is 0.833. The van der Waals surface area contributed by atoms with Crippen LogP contribution in [0.3, 0.4) is 0 Å². The van der Waals surface area contributed by atoms with Crippen LogP contribution in [0.2, 0.25) is 0 Å². The van der Waals surface area contributed by atoms with Gasteiger partial charge in [-0.2, -0.15) is 0 Å². The molecule has 1 amide bonds. The Balaban J connectivity index is 4.13. The quantitative estimate of drug-likeness (QED) is 0.573. The fourth-order valence-electron chi connectivity index (χ4n) is 1.24. The van der Waals surface area contributed by atoms with Crippen molar-refractivity contribution in [3.05, 3.63) is 0 Å². The van der Waals surface area contributed by atoms with Gasteiger partial charge in [0.25, 0.3) is 0 Å². The Labute approximate surface area is 98.9 Å². The lowest BCUT2D eigenvalue weighted by molar-refractivity contribution is -0.130. The molecule has 0 aromatic rings. The smallest absolute Gasteiger partial charge is 0.224 e. The van der Waals surface area contributed by atoms with Gasteiger partial charge in [0, 0.05) is 31.5 Å². The first-order valence-electron chi connectivity index (χ1n) is 5.91. The summed E-state index contributed by atoms with van der Waals surface area (Å²) in [5, 5.41) is 0. The molecule has 0 aromatic heterocycles. The van der Waals surface area contributed by atoms with E-state index in [1.54, 1.807) is 0 Å². The van der Waals surface area contributed by atoms with Crippen molar-refractivity contribution >= 4 is 11.7 Å². The van der Waals surface area contributed by atoms with Gasteiger partial charge in [0.1, 0.15) is 0 Å². The summed E-state index contributed by atoms with van der Waals surface area (Å²) in [4.78, 5) is 17.7. The van der Waals surface area contributed by atoms with Gasteiger partial charge in [-0.1, -0.05) is 20.8 Å². The molecule has 4 heteroatoms. The Morgan fingerprint density at radius 3 is 2.12 bits per heavy atom. The molecular weight excluding hydrogens is 202 g/mol. The van der Waals surface area contributed by atoms with Crippen LogP contribution in [0.1, 0.15) is 41.0 Å². The number of rotatable bonds is 5. The molecule has 94 valence electrons. The molecule has 0 saturated heterocycles. The zero-order valence-corrected chi connectivity index (χ0v) is 11.2. The monoisotopic (exact) mass is 227 g/mol. The molecule has 0 rings (SSSR count). The Morgan fingerprint density at radius 1 is 1.25 bits per heavy atom. The van der Waals surface area contributed by atoms with Crippen molar-refractivity contribution in [2.24, 2.45) is 16.1 Å². The number of hydrogen-bond donors (Lipinski definition) is 1. The first-order valence-corrected chi connectivity index (χ1v) is 5.91. The van der Waals surface area contributed by atoms with Crippen molar-refractivity contribution in [2.45, 2.75) is 41.0 Å². The van der Waals surface area contributed by atoms with E-state index < -0.39 is 0 Å². The molecule has 0 aliphatic carbocycles. The van der Waals surface area contributed by atoms with E-state index in [-0.39, 0.29) is 11.3 Å². The Hall–Kier alpha value is -1.06. The lowest BCUT2D eigenvalue weighted by Crippen LogP contribution is -2.32. The summed E-state index contributed by atoms with van der Waals surface area (Å²) in [6.45, 7) is 12.0. The molecule has 4 nitrogen and oxygen atoms in total. The van der Waals surface area contributed by atoms with Crippen molar-refractivity contribution in [1.82, 2.24) is 4.90 Å². The van der Waals surface area contributed by atoms with Gasteiger partial charge in [-0.05, 0) is 13.8 Å². The van der Waals surface area contributed by atoms with Gasteiger partial charge in [-0.15, -0.1) is 0 Å². The van der Waals surface area contributed by atoms with Crippen LogP contribution in [0.15, 0.2) is 4.99 Å². The van der Waals surface area contributed by atoms with Crippen LogP contribution >= 0.6 is 0 Å². The van der Waals surface area contributed by atoms with Gasteiger partial charge in [-0.3, -0.25) is 9.79 Å². The van der Waals surface area contributed by atoms with Crippen molar-refractivity contribution in [3.63, 3.8) is 0 Å². The van der Waals surface area contributed by atoms with E-state index in [2.05, 4.69) is 4.99 Å².